The summed E-state index contributed by atoms with van der Waals surface area (Å²) in [6.45, 7) is 7.54. The summed E-state index contributed by atoms with van der Waals surface area (Å²) in [5.74, 6) is 0.995. The quantitative estimate of drug-likeness (QED) is 0.885. The maximum Gasteiger partial charge on any atom is 0.317 e. The zero-order valence-corrected chi connectivity index (χ0v) is 15.7. The van der Waals surface area contributed by atoms with Crippen LogP contribution in [0.3, 0.4) is 0 Å². The molecule has 2 amide bonds. The maximum atomic E-state index is 12.7. The average molecular weight is 345 g/mol. The Hall–Kier alpha value is -1.75. The van der Waals surface area contributed by atoms with Gasteiger partial charge in [-0.15, -0.1) is 0 Å². The second-order valence-electron chi connectivity index (χ2n) is 7.77. The number of fused-ring (bicyclic) bond motifs is 1. The highest BCUT2D eigenvalue weighted by Crippen LogP contribution is 2.30. The van der Waals surface area contributed by atoms with Gasteiger partial charge >= 0.3 is 6.03 Å². The van der Waals surface area contributed by atoms with Crippen LogP contribution in [0, 0.1) is 19.8 Å². The minimum atomic E-state index is 0.0893. The number of piperidine rings is 2. The molecule has 2 aliphatic rings. The monoisotopic (exact) mass is 345 g/mol. The number of nitrogens with one attached hydrogen (secondary N) is 1. The highest BCUT2D eigenvalue weighted by Gasteiger charge is 2.37. The molecule has 25 heavy (non-hydrogen) atoms. The fraction of sp³-hybridized carbons (Fsp3) is 0.650. The predicted octanol–water partition coefficient (Wildman–Crippen LogP) is 2.68. The summed E-state index contributed by atoms with van der Waals surface area (Å²) in [6, 6.07) is 4.50. The van der Waals surface area contributed by atoms with E-state index in [1.165, 1.54) is 6.42 Å². The van der Waals surface area contributed by atoms with E-state index >= 15 is 0 Å². The van der Waals surface area contributed by atoms with Crippen molar-refractivity contribution >= 4 is 6.03 Å². The summed E-state index contributed by atoms with van der Waals surface area (Å²) in [6.07, 6.45) is 4.23. The molecule has 5 nitrogen and oxygen atoms in total. The Bertz CT molecular complexity index is 608. The van der Waals surface area contributed by atoms with Gasteiger partial charge in [0.15, 0.2) is 0 Å². The highest BCUT2D eigenvalue weighted by atomic mass is 16.3. The van der Waals surface area contributed by atoms with Crippen LogP contribution in [0.5, 0.6) is 5.75 Å². The summed E-state index contributed by atoms with van der Waals surface area (Å²) >= 11 is 0. The first-order chi connectivity index (χ1) is 12.0. The van der Waals surface area contributed by atoms with E-state index in [9.17, 15) is 9.90 Å². The van der Waals surface area contributed by atoms with Crippen LogP contribution in [0.2, 0.25) is 0 Å². The lowest BCUT2D eigenvalue weighted by Gasteiger charge is -2.46. The second kappa shape index (κ2) is 7.65. The highest BCUT2D eigenvalue weighted by molar-refractivity contribution is 5.74. The molecule has 2 heterocycles. The van der Waals surface area contributed by atoms with Crippen molar-refractivity contribution in [1.82, 2.24) is 15.1 Å². The average Bonchev–Trinajstić information content (AvgIpc) is 2.58. The van der Waals surface area contributed by atoms with Gasteiger partial charge in [-0.3, -0.25) is 0 Å². The topological polar surface area (TPSA) is 55.8 Å². The Kier molecular flexibility index (Phi) is 5.52. The predicted molar refractivity (Wildman–Crippen MR) is 100 cm³/mol. The van der Waals surface area contributed by atoms with Gasteiger partial charge in [0.25, 0.3) is 0 Å². The van der Waals surface area contributed by atoms with Crippen molar-refractivity contribution in [2.24, 2.45) is 5.92 Å². The van der Waals surface area contributed by atoms with Crippen LogP contribution in [0.4, 0.5) is 4.79 Å². The molecule has 2 N–H and O–H groups in total. The standard InChI is InChI=1S/C20H31N3O2/c1-14-11-16(12-15(2)19(14)24)6-8-21-20(25)23-9-4-5-17-13-22(3)10-7-18(17)23/h11-12,17-18,24H,4-10,13H2,1-3H3,(H,21,25)/t17-,18-/m0/s1. The van der Waals surface area contributed by atoms with Crippen molar-refractivity contribution in [3.05, 3.63) is 28.8 Å². The number of hydrogen-bond donors (Lipinski definition) is 2. The van der Waals surface area contributed by atoms with E-state index in [1.807, 2.05) is 26.0 Å². The lowest BCUT2D eigenvalue weighted by Crippen LogP contribution is -2.57. The van der Waals surface area contributed by atoms with E-state index in [0.29, 0.717) is 24.3 Å². The van der Waals surface area contributed by atoms with E-state index in [1.54, 1.807) is 0 Å². The molecule has 2 atom stereocenters. The van der Waals surface area contributed by atoms with Gasteiger partial charge in [-0.05, 0) is 75.7 Å². The molecule has 2 aliphatic heterocycles. The molecule has 0 aromatic heterocycles. The molecule has 0 unspecified atom stereocenters. The van der Waals surface area contributed by atoms with Crippen molar-refractivity contribution < 1.29 is 9.90 Å². The molecule has 3 rings (SSSR count). The Morgan fingerprint density at radius 1 is 1.24 bits per heavy atom. The Labute approximate surface area is 151 Å². The van der Waals surface area contributed by atoms with Gasteiger partial charge in [-0.2, -0.15) is 0 Å². The Morgan fingerprint density at radius 2 is 1.96 bits per heavy atom. The Balaban J connectivity index is 1.54. The molecule has 1 aromatic carbocycles. The fourth-order valence-electron chi connectivity index (χ4n) is 4.44. The first-order valence-electron chi connectivity index (χ1n) is 9.48. The van der Waals surface area contributed by atoms with E-state index in [4.69, 9.17) is 0 Å². The summed E-state index contributed by atoms with van der Waals surface area (Å²) in [4.78, 5) is 17.1. The summed E-state index contributed by atoms with van der Waals surface area (Å²) < 4.78 is 0. The van der Waals surface area contributed by atoms with Crippen molar-refractivity contribution in [3.8, 4) is 5.75 Å². The van der Waals surface area contributed by atoms with Crippen LogP contribution in [0.1, 0.15) is 36.0 Å². The summed E-state index contributed by atoms with van der Waals surface area (Å²) in [5.41, 5.74) is 2.95. The number of carbonyl (C=O) groups is 1. The van der Waals surface area contributed by atoms with Gasteiger partial charge in [0.1, 0.15) is 5.75 Å². The number of phenolic OH excluding ortho intramolecular Hbond substituents is 1. The molecule has 0 saturated carbocycles. The van der Waals surface area contributed by atoms with Crippen molar-refractivity contribution in [2.45, 2.75) is 45.6 Å². The lowest BCUT2D eigenvalue weighted by atomic mass is 9.84. The molecule has 5 heteroatoms. The maximum absolute atomic E-state index is 12.7. The molecule has 1 aromatic rings. The number of nitrogens with zero attached hydrogens (tertiary/aromatic N) is 2. The zero-order chi connectivity index (χ0) is 18.0. The van der Waals surface area contributed by atoms with E-state index < -0.39 is 0 Å². The number of carbonyl (C=O) groups excluding carboxylic acids is 1. The van der Waals surface area contributed by atoms with E-state index in [2.05, 4.69) is 22.2 Å². The van der Waals surface area contributed by atoms with Crippen molar-refractivity contribution in [1.29, 1.82) is 0 Å². The van der Waals surface area contributed by atoms with Crippen LogP contribution in [-0.2, 0) is 6.42 Å². The van der Waals surface area contributed by atoms with Gasteiger partial charge in [-0.1, -0.05) is 12.1 Å². The number of amides is 2. The normalized spacial score (nSPS) is 24.0. The minimum Gasteiger partial charge on any atom is -0.507 e. The molecule has 0 aliphatic carbocycles. The number of benzene rings is 1. The van der Waals surface area contributed by atoms with Crippen LogP contribution in [-0.4, -0.2) is 60.2 Å². The Morgan fingerprint density at radius 3 is 2.68 bits per heavy atom. The third-order valence-corrected chi connectivity index (χ3v) is 5.77. The van der Waals surface area contributed by atoms with Crippen LogP contribution >= 0.6 is 0 Å². The third kappa shape index (κ3) is 4.09. The van der Waals surface area contributed by atoms with Gasteiger partial charge in [0.2, 0.25) is 0 Å². The number of phenols is 1. The molecule has 2 saturated heterocycles. The summed E-state index contributed by atoms with van der Waals surface area (Å²) in [7, 11) is 2.18. The molecule has 0 radical (unpaired) electrons. The molecular weight excluding hydrogens is 314 g/mol. The van der Waals surface area contributed by atoms with Crippen LogP contribution in [0.25, 0.3) is 0 Å². The molecule has 0 spiro atoms. The van der Waals surface area contributed by atoms with E-state index in [-0.39, 0.29) is 6.03 Å². The van der Waals surface area contributed by atoms with Gasteiger partial charge in [0.05, 0.1) is 0 Å². The van der Waals surface area contributed by atoms with Crippen molar-refractivity contribution in [2.75, 3.05) is 33.2 Å². The van der Waals surface area contributed by atoms with Gasteiger partial charge in [0, 0.05) is 25.7 Å². The van der Waals surface area contributed by atoms with E-state index in [0.717, 1.165) is 55.6 Å². The SMILES string of the molecule is Cc1cc(CCNC(=O)N2CCC[C@H]3CN(C)CC[C@@H]32)cc(C)c1O. The number of hydrogen-bond acceptors (Lipinski definition) is 3. The van der Waals surface area contributed by atoms with Gasteiger partial charge in [-0.25, -0.2) is 4.79 Å². The number of aryl methyl sites for hydroxylation is 2. The number of rotatable bonds is 3. The number of likely N-dealkylation sites (tertiary alicyclic amines) is 2. The minimum absolute atomic E-state index is 0.0893. The van der Waals surface area contributed by atoms with Crippen LogP contribution in [0.15, 0.2) is 12.1 Å². The van der Waals surface area contributed by atoms with Crippen molar-refractivity contribution in [3.63, 3.8) is 0 Å². The summed E-state index contributed by atoms with van der Waals surface area (Å²) in [5, 5.41) is 13.0. The fourth-order valence-corrected chi connectivity index (χ4v) is 4.44. The van der Waals surface area contributed by atoms with Crippen LogP contribution < -0.4 is 5.32 Å². The third-order valence-electron chi connectivity index (χ3n) is 5.77. The molecule has 0 bridgehead atoms. The largest absolute Gasteiger partial charge is 0.507 e. The molecule has 2 fully saturated rings. The number of urea groups is 1. The van der Waals surface area contributed by atoms with Gasteiger partial charge < -0.3 is 20.2 Å². The number of aromatic hydroxyl groups is 1. The molecule has 138 valence electrons. The lowest BCUT2D eigenvalue weighted by molar-refractivity contribution is 0.0534. The second-order valence-corrected chi connectivity index (χ2v) is 7.77. The molecular formula is C20H31N3O2. The smallest absolute Gasteiger partial charge is 0.317 e. The first kappa shape index (κ1) is 18.1. The zero-order valence-electron chi connectivity index (χ0n) is 15.7. The first-order valence-corrected chi connectivity index (χ1v) is 9.48.